The summed E-state index contributed by atoms with van der Waals surface area (Å²) in [5.74, 6) is 1.54. The van der Waals surface area contributed by atoms with Crippen molar-refractivity contribution < 1.29 is 0 Å². The Labute approximate surface area is 148 Å². The number of anilines is 1. The second-order valence-electron chi connectivity index (χ2n) is 6.90. The molecule has 2 aromatic rings. The number of benzene rings is 1. The number of hydrogen-bond donors (Lipinski definition) is 2. The number of piperidine rings is 1. The van der Waals surface area contributed by atoms with Crippen LogP contribution in [0, 0.1) is 5.92 Å². The number of rotatable bonds is 5. The average Bonchev–Trinajstić information content (AvgIpc) is 3.46. The van der Waals surface area contributed by atoms with E-state index in [-0.39, 0.29) is 5.41 Å². The van der Waals surface area contributed by atoms with Gasteiger partial charge in [-0.3, -0.25) is 0 Å². The Morgan fingerprint density at radius 1 is 1.17 bits per heavy atom. The lowest BCUT2D eigenvalue weighted by atomic mass is 9.70. The van der Waals surface area contributed by atoms with Crippen molar-refractivity contribution in [3.8, 4) is 0 Å². The highest BCUT2D eigenvalue weighted by atomic mass is 35.5. The van der Waals surface area contributed by atoms with E-state index in [1.807, 2.05) is 18.3 Å². The predicted octanol–water partition coefficient (Wildman–Crippen LogP) is 3.62. The van der Waals surface area contributed by atoms with E-state index in [1.165, 1.54) is 18.4 Å². The predicted molar refractivity (Wildman–Crippen MR) is 97.6 cm³/mol. The first kappa shape index (κ1) is 15.9. The van der Waals surface area contributed by atoms with Crippen LogP contribution in [0.5, 0.6) is 0 Å². The molecule has 0 spiro atoms. The van der Waals surface area contributed by atoms with E-state index < -0.39 is 0 Å². The Kier molecular flexibility index (Phi) is 4.42. The smallest absolute Gasteiger partial charge is 0.222 e. The molecule has 2 fully saturated rings. The van der Waals surface area contributed by atoms with Gasteiger partial charge in [0.15, 0.2) is 0 Å². The zero-order valence-electron chi connectivity index (χ0n) is 13.8. The minimum atomic E-state index is -0.136. The minimum absolute atomic E-state index is 0.136. The van der Waals surface area contributed by atoms with Crippen LogP contribution in [0.2, 0.25) is 5.02 Å². The summed E-state index contributed by atoms with van der Waals surface area (Å²) >= 11 is 6.57. The molecule has 0 bridgehead atoms. The topological polar surface area (TPSA) is 49.8 Å². The van der Waals surface area contributed by atoms with Crippen LogP contribution < -0.4 is 10.6 Å². The van der Waals surface area contributed by atoms with Gasteiger partial charge in [-0.25, -0.2) is 9.97 Å². The molecule has 1 aliphatic carbocycles. The molecule has 1 saturated carbocycles. The van der Waals surface area contributed by atoms with Gasteiger partial charge in [0.2, 0.25) is 5.95 Å². The van der Waals surface area contributed by atoms with Crippen molar-refractivity contribution in [2.45, 2.75) is 31.1 Å². The average molecular weight is 343 g/mol. The van der Waals surface area contributed by atoms with Gasteiger partial charge >= 0.3 is 0 Å². The molecule has 2 heterocycles. The number of hydrogen-bond acceptors (Lipinski definition) is 4. The van der Waals surface area contributed by atoms with Gasteiger partial charge in [-0.1, -0.05) is 29.8 Å². The summed E-state index contributed by atoms with van der Waals surface area (Å²) in [6, 6.07) is 10.2. The summed E-state index contributed by atoms with van der Waals surface area (Å²) in [6.45, 7) is 2.92. The molecular formula is C19H23ClN4. The summed E-state index contributed by atoms with van der Waals surface area (Å²) < 4.78 is 0. The number of nitrogens with one attached hydrogen (secondary N) is 2. The highest BCUT2D eigenvalue weighted by Gasteiger charge is 2.38. The molecule has 0 atom stereocenters. The monoisotopic (exact) mass is 342 g/mol. The van der Waals surface area contributed by atoms with E-state index in [0.29, 0.717) is 0 Å². The molecule has 1 aromatic heterocycles. The van der Waals surface area contributed by atoms with Crippen LogP contribution in [0.25, 0.3) is 0 Å². The largest absolute Gasteiger partial charge is 0.354 e. The molecule has 1 aromatic carbocycles. The van der Waals surface area contributed by atoms with Crippen molar-refractivity contribution >= 4 is 17.5 Å². The molecule has 1 saturated heterocycles. The fourth-order valence-electron chi connectivity index (χ4n) is 3.63. The third kappa shape index (κ3) is 3.13. The van der Waals surface area contributed by atoms with E-state index >= 15 is 0 Å². The van der Waals surface area contributed by atoms with Crippen molar-refractivity contribution in [1.29, 1.82) is 0 Å². The summed E-state index contributed by atoms with van der Waals surface area (Å²) in [7, 11) is 0. The van der Waals surface area contributed by atoms with Crippen LogP contribution in [0.3, 0.4) is 0 Å². The fourth-order valence-corrected chi connectivity index (χ4v) is 3.95. The second-order valence-corrected chi connectivity index (χ2v) is 7.31. The number of aromatic nitrogens is 2. The van der Waals surface area contributed by atoms with Gasteiger partial charge < -0.3 is 10.6 Å². The Hall–Kier alpha value is -1.65. The van der Waals surface area contributed by atoms with Crippen LogP contribution in [0.4, 0.5) is 5.95 Å². The highest BCUT2D eigenvalue weighted by molar-refractivity contribution is 6.31. The van der Waals surface area contributed by atoms with Gasteiger partial charge in [-0.05, 0) is 62.4 Å². The molecule has 24 heavy (non-hydrogen) atoms. The van der Waals surface area contributed by atoms with Gasteiger partial charge in [0.05, 0.1) is 5.69 Å². The Morgan fingerprint density at radius 3 is 2.71 bits per heavy atom. The van der Waals surface area contributed by atoms with Crippen molar-refractivity contribution in [2.75, 3.05) is 25.0 Å². The van der Waals surface area contributed by atoms with Crippen molar-refractivity contribution in [1.82, 2.24) is 15.3 Å². The van der Waals surface area contributed by atoms with Gasteiger partial charge in [-0.2, -0.15) is 0 Å². The van der Waals surface area contributed by atoms with E-state index in [4.69, 9.17) is 16.6 Å². The van der Waals surface area contributed by atoms with Crippen molar-refractivity contribution in [2.24, 2.45) is 5.92 Å². The van der Waals surface area contributed by atoms with Crippen molar-refractivity contribution in [3.63, 3.8) is 0 Å². The maximum absolute atomic E-state index is 6.57. The maximum Gasteiger partial charge on any atom is 0.222 e. The fraction of sp³-hybridized carbons (Fsp3) is 0.474. The zero-order chi connectivity index (χ0) is 16.4. The molecule has 0 amide bonds. The number of nitrogens with zero attached hydrogens (tertiary/aromatic N) is 2. The van der Waals surface area contributed by atoms with Gasteiger partial charge in [-0.15, -0.1) is 0 Å². The SMILES string of the molecule is Clc1ccccc1C1(c2ccnc(NCC3CC3)n2)CCNCC1. The molecule has 126 valence electrons. The van der Waals surface area contributed by atoms with E-state index in [9.17, 15) is 0 Å². The lowest BCUT2D eigenvalue weighted by Gasteiger charge is -2.38. The number of halogens is 1. The zero-order valence-corrected chi connectivity index (χ0v) is 14.5. The summed E-state index contributed by atoms with van der Waals surface area (Å²) in [6.07, 6.45) is 6.51. The van der Waals surface area contributed by atoms with E-state index in [1.54, 1.807) is 0 Å². The molecule has 0 radical (unpaired) electrons. The molecule has 0 unspecified atom stereocenters. The normalized spacial score (nSPS) is 19.9. The lowest BCUT2D eigenvalue weighted by Crippen LogP contribution is -2.41. The molecule has 2 aliphatic rings. The summed E-state index contributed by atoms with van der Waals surface area (Å²) in [5, 5.41) is 7.68. The summed E-state index contributed by atoms with van der Waals surface area (Å²) in [4.78, 5) is 9.29. The molecular weight excluding hydrogens is 320 g/mol. The van der Waals surface area contributed by atoms with Gasteiger partial charge in [0.25, 0.3) is 0 Å². The third-order valence-electron chi connectivity index (χ3n) is 5.24. The van der Waals surface area contributed by atoms with E-state index in [2.05, 4.69) is 33.8 Å². The van der Waals surface area contributed by atoms with Gasteiger partial charge in [0, 0.05) is 23.2 Å². The van der Waals surface area contributed by atoms with Crippen LogP contribution in [-0.2, 0) is 5.41 Å². The highest BCUT2D eigenvalue weighted by Crippen LogP contribution is 2.42. The van der Waals surface area contributed by atoms with Crippen LogP contribution in [0.1, 0.15) is 36.9 Å². The van der Waals surface area contributed by atoms with Crippen LogP contribution in [0.15, 0.2) is 36.5 Å². The summed E-state index contributed by atoms with van der Waals surface area (Å²) in [5.41, 5.74) is 2.12. The molecule has 5 heteroatoms. The Morgan fingerprint density at radius 2 is 1.96 bits per heavy atom. The van der Waals surface area contributed by atoms with Crippen LogP contribution >= 0.6 is 11.6 Å². The lowest BCUT2D eigenvalue weighted by molar-refractivity contribution is 0.354. The Bertz CT molecular complexity index is 708. The second kappa shape index (κ2) is 6.69. The first-order valence-corrected chi connectivity index (χ1v) is 9.19. The van der Waals surface area contributed by atoms with Crippen molar-refractivity contribution in [3.05, 3.63) is 52.8 Å². The van der Waals surface area contributed by atoms with Crippen LogP contribution in [-0.4, -0.2) is 29.6 Å². The molecule has 2 N–H and O–H groups in total. The van der Waals surface area contributed by atoms with Gasteiger partial charge in [0.1, 0.15) is 0 Å². The first-order valence-electron chi connectivity index (χ1n) is 8.81. The minimum Gasteiger partial charge on any atom is -0.354 e. The third-order valence-corrected chi connectivity index (χ3v) is 5.57. The quantitative estimate of drug-likeness (QED) is 0.871. The Balaban J connectivity index is 1.71. The first-order chi connectivity index (χ1) is 11.8. The maximum atomic E-state index is 6.57. The molecule has 4 nitrogen and oxygen atoms in total. The molecule has 4 rings (SSSR count). The standard InChI is InChI=1S/C19H23ClN4/c20-16-4-2-1-3-15(16)19(8-11-21-12-9-19)17-7-10-22-18(24-17)23-13-14-5-6-14/h1-4,7,10,14,21H,5-6,8-9,11-13H2,(H,22,23,24). The van der Waals surface area contributed by atoms with E-state index in [0.717, 1.165) is 55.1 Å². The molecule has 1 aliphatic heterocycles.